The van der Waals surface area contributed by atoms with Gasteiger partial charge in [-0.15, -0.1) is 11.3 Å². The highest BCUT2D eigenvalue weighted by molar-refractivity contribution is 7.17. The van der Waals surface area contributed by atoms with Gasteiger partial charge in [-0.2, -0.15) is 5.10 Å². The molecule has 0 radical (unpaired) electrons. The van der Waals surface area contributed by atoms with E-state index in [1.165, 1.54) is 18.4 Å². The topological polar surface area (TPSA) is 94.8 Å². The number of hydrogen-bond donors (Lipinski definition) is 1. The third-order valence-electron chi connectivity index (χ3n) is 5.34. The lowest BCUT2D eigenvalue weighted by molar-refractivity contribution is -0.125. The highest BCUT2D eigenvalue weighted by Crippen LogP contribution is 2.38. The molecule has 1 atom stereocenters. The molecule has 9 heteroatoms. The number of carbonyl (C=O) groups is 2. The number of methoxy groups -OCH3 is 1. The number of anilines is 1. The molecular formula is C20H24N4O4S. The van der Waals surface area contributed by atoms with Crippen LogP contribution in [-0.4, -0.2) is 40.6 Å². The van der Waals surface area contributed by atoms with E-state index < -0.39 is 12.1 Å². The minimum Gasteiger partial charge on any atom is -0.465 e. The Morgan fingerprint density at radius 1 is 1.38 bits per heavy atom. The second kappa shape index (κ2) is 7.98. The third-order valence-corrected chi connectivity index (χ3v) is 6.55. The number of thiophene rings is 1. The standard InChI is InChI=1S/C20H24N4O4S/c1-4-24-10-13(11(2)22-24)14-9-15(28-23-14)18(25)21-19-17(20(26)27-3)12-7-5-6-8-16(12)29-19/h10,15H,4-9H2,1-3H3,(H,21,25). The number of aromatic nitrogens is 2. The fourth-order valence-electron chi connectivity index (χ4n) is 3.80. The number of amides is 1. The van der Waals surface area contributed by atoms with Crippen LogP contribution in [0.3, 0.4) is 0 Å². The molecule has 3 heterocycles. The average Bonchev–Trinajstić information content (AvgIpc) is 3.43. The number of aryl methyl sites for hydroxylation is 3. The maximum atomic E-state index is 12.8. The zero-order valence-electron chi connectivity index (χ0n) is 16.8. The predicted molar refractivity (Wildman–Crippen MR) is 110 cm³/mol. The molecule has 1 aliphatic carbocycles. The van der Waals surface area contributed by atoms with Crippen molar-refractivity contribution in [2.24, 2.45) is 5.16 Å². The van der Waals surface area contributed by atoms with Gasteiger partial charge < -0.3 is 14.9 Å². The lowest BCUT2D eigenvalue weighted by Crippen LogP contribution is -2.28. The van der Waals surface area contributed by atoms with Crippen molar-refractivity contribution >= 4 is 33.9 Å². The Balaban J connectivity index is 1.50. The quantitative estimate of drug-likeness (QED) is 0.756. The van der Waals surface area contributed by atoms with E-state index in [9.17, 15) is 9.59 Å². The van der Waals surface area contributed by atoms with E-state index in [-0.39, 0.29) is 5.91 Å². The number of esters is 1. The lowest BCUT2D eigenvalue weighted by Gasteiger charge is -2.12. The molecule has 29 heavy (non-hydrogen) atoms. The minimum atomic E-state index is -0.737. The summed E-state index contributed by atoms with van der Waals surface area (Å²) in [6.45, 7) is 4.69. The molecule has 0 saturated carbocycles. The Labute approximate surface area is 172 Å². The summed E-state index contributed by atoms with van der Waals surface area (Å²) in [6.07, 6.45) is 5.43. The molecule has 154 valence electrons. The summed E-state index contributed by atoms with van der Waals surface area (Å²) in [5.74, 6) is -0.723. The van der Waals surface area contributed by atoms with Gasteiger partial charge in [-0.05, 0) is 45.1 Å². The fraction of sp³-hybridized carbons (Fsp3) is 0.500. The fourth-order valence-corrected chi connectivity index (χ4v) is 5.08. The maximum absolute atomic E-state index is 12.8. The Hall–Kier alpha value is -2.68. The van der Waals surface area contributed by atoms with Gasteiger partial charge in [-0.3, -0.25) is 9.48 Å². The normalized spacial score (nSPS) is 18.0. The van der Waals surface area contributed by atoms with Crippen molar-refractivity contribution in [3.8, 4) is 0 Å². The number of fused-ring (bicyclic) bond motifs is 1. The van der Waals surface area contributed by atoms with Gasteiger partial charge in [0.25, 0.3) is 5.91 Å². The van der Waals surface area contributed by atoms with Crippen LogP contribution in [0.4, 0.5) is 5.00 Å². The Kier molecular flexibility index (Phi) is 5.40. The number of nitrogens with one attached hydrogen (secondary N) is 1. The molecule has 1 amide bonds. The van der Waals surface area contributed by atoms with Crippen LogP contribution in [0.2, 0.25) is 0 Å². The second-order valence-electron chi connectivity index (χ2n) is 7.22. The van der Waals surface area contributed by atoms with E-state index in [0.29, 0.717) is 22.7 Å². The summed E-state index contributed by atoms with van der Waals surface area (Å²) in [6, 6.07) is 0. The van der Waals surface area contributed by atoms with Gasteiger partial charge in [0.15, 0.2) is 0 Å². The molecule has 2 aliphatic rings. The minimum absolute atomic E-state index is 0.312. The number of oxime groups is 1. The summed E-state index contributed by atoms with van der Waals surface area (Å²) >= 11 is 1.46. The molecule has 1 unspecified atom stereocenters. The molecule has 2 aromatic rings. The maximum Gasteiger partial charge on any atom is 0.341 e. The highest BCUT2D eigenvalue weighted by atomic mass is 32.1. The Morgan fingerprint density at radius 3 is 2.90 bits per heavy atom. The first-order valence-electron chi connectivity index (χ1n) is 9.82. The average molecular weight is 417 g/mol. The van der Waals surface area contributed by atoms with Crippen LogP contribution in [0.5, 0.6) is 0 Å². The third kappa shape index (κ3) is 3.66. The van der Waals surface area contributed by atoms with Crippen LogP contribution in [0.15, 0.2) is 11.4 Å². The van der Waals surface area contributed by atoms with Gasteiger partial charge in [0.05, 0.1) is 24.1 Å². The van der Waals surface area contributed by atoms with Crippen LogP contribution in [-0.2, 0) is 33.8 Å². The molecule has 1 aliphatic heterocycles. The number of rotatable bonds is 5. The van der Waals surface area contributed by atoms with Crippen LogP contribution < -0.4 is 5.32 Å². The largest absolute Gasteiger partial charge is 0.465 e. The number of carbonyl (C=O) groups excluding carboxylic acids is 2. The van der Waals surface area contributed by atoms with E-state index in [4.69, 9.17) is 9.57 Å². The van der Waals surface area contributed by atoms with Crippen LogP contribution >= 0.6 is 11.3 Å². The van der Waals surface area contributed by atoms with E-state index in [2.05, 4.69) is 15.6 Å². The highest BCUT2D eigenvalue weighted by Gasteiger charge is 2.33. The van der Waals surface area contributed by atoms with Crippen molar-refractivity contribution in [1.29, 1.82) is 0 Å². The number of nitrogens with zero attached hydrogens (tertiary/aromatic N) is 3. The molecule has 0 bridgehead atoms. The second-order valence-corrected chi connectivity index (χ2v) is 8.32. The summed E-state index contributed by atoms with van der Waals surface area (Å²) in [5, 5.41) is 12.0. The summed E-state index contributed by atoms with van der Waals surface area (Å²) < 4.78 is 6.80. The smallest absolute Gasteiger partial charge is 0.341 e. The monoisotopic (exact) mass is 416 g/mol. The van der Waals surface area contributed by atoms with Crippen molar-refractivity contribution in [2.45, 2.75) is 58.6 Å². The molecule has 0 spiro atoms. The molecule has 2 aromatic heterocycles. The first-order valence-corrected chi connectivity index (χ1v) is 10.6. The molecule has 8 nitrogen and oxygen atoms in total. The van der Waals surface area contributed by atoms with Crippen LogP contribution in [0, 0.1) is 6.92 Å². The zero-order valence-corrected chi connectivity index (χ0v) is 17.6. The number of hydrogen-bond acceptors (Lipinski definition) is 7. The van der Waals surface area contributed by atoms with Crippen molar-refractivity contribution in [3.05, 3.63) is 33.5 Å². The van der Waals surface area contributed by atoms with E-state index in [1.54, 1.807) is 0 Å². The van der Waals surface area contributed by atoms with Crippen molar-refractivity contribution in [1.82, 2.24) is 9.78 Å². The molecule has 4 rings (SSSR count). The first kappa shape index (κ1) is 19.6. The van der Waals surface area contributed by atoms with Crippen LogP contribution in [0.25, 0.3) is 0 Å². The zero-order chi connectivity index (χ0) is 20.5. The molecule has 0 fully saturated rings. The summed E-state index contributed by atoms with van der Waals surface area (Å²) in [4.78, 5) is 31.7. The number of ether oxygens (including phenoxy) is 1. The van der Waals surface area contributed by atoms with E-state index in [1.807, 2.05) is 24.7 Å². The molecule has 0 saturated heterocycles. The molecule has 1 N–H and O–H groups in total. The van der Waals surface area contributed by atoms with Gasteiger partial charge >= 0.3 is 5.97 Å². The van der Waals surface area contributed by atoms with Gasteiger partial charge in [-0.25, -0.2) is 4.79 Å². The first-order chi connectivity index (χ1) is 14.0. The predicted octanol–water partition coefficient (Wildman–Crippen LogP) is 3.07. The van der Waals surface area contributed by atoms with Gasteiger partial charge in [-0.1, -0.05) is 5.16 Å². The van der Waals surface area contributed by atoms with Crippen molar-refractivity contribution < 1.29 is 19.2 Å². The van der Waals surface area contributed by atoms with Gasteiger partial charge in [0.2, 0.25) is 6.10 Å². The van der Waals surface area contributed by atoms with Crippen LogP contribution in [0.1, 0.15) is 58.2 Å². The summed E-state index contributed by atoms with van der Waals surface area (Å²) in [5.41, 5.74) is 3.95. The van der Waals surface area contributed by atoms with Crippen molar-refractivity contribution in [2.75, 3.05) is 12.4 Å². The van der Waals surface area contributed by atoms with Crippen molar-refractivity contribution in [3.63, 3.8) is 0 Å². The molecule has 0 aromatic carbocycles. The van der Waals surface area contributed by atoms with E-state index >= 15 is 0 Å². The molecular weight excluding hydrogens is 392 g/mol. The Bertz CT molecular complexity index is 991. The summed E-state index contributed by atoms with van der Waals surface area (Å²) in [7, 11) is 1.36. The Morgan fingerprint density at radius 2 is 2.17 bits per heavy atom. The lowest BCUT2D eigenvalue weighted by atomic mass is 9.95. The SMILES string of the molecule is CCn1cc(C2=NOC(C(=O)Nc3sc4c(c3C(=O)OC)CCCC4)C2)c(C)n1. The van der Waals surface area contributed by atoms with Gasteiger partial charge in [0, 0.05) is 29.6 Å². The van der Waals surface area contributed by atoms with Gasteiger partial charge in [0.1, 0.15) is 5.00 Å². The van der Waals surface area contributed by atoms with E-state index in [0.717, 1.165) is 53.9 Å².